The molecule has 0 bridgehead atoms. The quantitative estimate of drug-likeness (QED) is 0.836. The van der Waals surface area contributed by atoms with Gasteiger partial charge >= 0.3 is 0 Å². The maximum Gasteiger partial charge on any atom is 0.125 e. The Balaban J connectivity index is 2.24. The number of rotatable bonds is 3. The van der Waals surface area contributed by atoms with E-state index in [0.717, 1.165) is 22.4 Å². The number of hydrogen-bond acceptors (Lipinski definition) is 2. The molecule has 102 valence electrons. The van der Waals surface area contributed by atoms with E-state index in [2.05, 4.69) is 0 Å². The van der Waals surface area contributed by atoms with Gasteiger partial charge in [0.25, 0.3) is 0 Å². The van der Waals surface area contributed by atoms with Gasteiger partial charge in [-0.15, -0.1) is 0 Å². The third-order valence-corrected chi connectivity index (χ3v) is 3.34. The Bertz CT molecular complexity index is 686. The Kier molecular flexibility index (Phi) is 4.05. The highest BCUT2D eigenvalue weighted by atomic mass is 19.1. The SMILES string of the molecule is Cc1ccc(C)c(OCc2cc(F)cc(C#N)c2)c1C. The fourth-order valence-electron chi connectivity index (χ4n) is 2.10. The third-order valence-electron chi connectivity index (χ3n) is 3.34. The van der Waals surface area contributed by atoms with E-state index in [-0.39, 0.29) is 6.61 Å². The molecule has 0 spiro atoms. The van der Waals surface area contributed by atoms with Crippen LogP contribution in [0, 0.1) is 37.9 Å². The standard InChI is InChI=1S/C17H16FNO/c1-11-4-5-12(2)17(13(11)3)20-10-15-6-14(9-19)7-16(18)8-15/h4-8H,10H2,1-3H3. The third kappa shape index (κ3) is 2.97. The molecule has 0 saturated carbocycles. The van der Waals surface area contributed by atoms with Crippen molar-refractivity contribution in [3.05, 3.63) is 64.0 Å². The summed E-state index contributed by atoms with van der Waals surface area (Å²) in [7, 11) is 0. The van der Waals surface area contributed by atoms with Crippen molar-refractivity contribution in [1.29, 1.82) is 5.26 Å². The van der Waals surface area contributed by atoms with Gasteiger partial charge in [0.05, 0.1) is 11.6 Å². The molecule has 20 heavy (non-hydrogen) atoms. The molecule has 2 aromatic rings. The fourth-order valence-corrected chi connectivity index (χ4v) is 2.10. The molecule has 0 fully saturated rings. The largest absolute Gasteiger partial charge is 0.488 e. The molecule has 0 radical (unpaired) electrons. The van der Waals surface area contributed by atoms with E-state index in [0.29, 0.717) is 11.1 Å². The molecule has 0 heterocycles. The van der Waals surface area contributed by atoms with Gasteiger partial charge in [-0.1, -0.05) is 12.1 Å². The first kappa shape index (κ1) is 14.1. The molecule has 0 aliphatic heterocycles. The lowest BCUT2D eigenvalue weighted by atomic mass is 10.1. The highest BCUT2D eigenvalue weighted by molar-refractivity contribution is 5.44. The summed E-state index contributed by atoms with van der Waals surface area (Å²) in [5, 5.41) is 8.84. The minimum atomic E-state index is -0.416. The summed E-state index contributed by atoms with van der Waals surface area (Å²) in [4.78, 5) is 0. The number of halogens is 1. The molecule has 2 nitrogen and oxygen atoms in total. The van der Waals surface area contributed by atoms with Gasteiger partial charge in [-0.3, -0.25) is 0 Å². The number of nitriles is 1. The van der Waals surface area contributed by atoms with Gasteiger partial charge in [0, 0.05) is 0 Å². The van der Waals surface area contributed by atoms with Crippen LogP contribution in [0.1, 0.15) is 27.8 Å². The van der Waals surface area contributed by atoms with Gasteiger partial charge in [0.15, 0.2) is 0 Å². The second-order valence-electron chi connectivity index (χ2n) is 4.90. The van der Waals surface area contributed by atoms with Gasteiger partial charge in [-0.25, -0.2) is 4.39 Å². The first-order valence-electron chi connectivity index (χ1n) is 6.40. The highest BCUT2D eigenvalue weighted by Gasteiger charge is 2.07. The Morgan fingerprint density at radius 1 is 1.10 bits per heavy atom. The molecular weight excluding hydrogens is 253 g/mol. The Morgan fingerprint density at radius 3 is 2.50 bits per heavy atom. The molecule has 0 aromatic heterocycles. The Hall–Kier alpha value is -2.34. The van der Waals surface area contributed by atoms with E-state index in [1.807, 2.05) is 39.0 Å². The maximum absolute atomic E-state index is 13.4. The van der Waals surface area contributed by atoms with Crippen LogP contribution in [0.5, 0.6) is 5.75 Å². The Morgan fingerprint density at radius 2 is 1.80 bits per heavy atom. The van der Waals surface area contributed by atoms with Crippen LogP contribution in [0.4, 0.5) is 4.39 Å². The van der Waals surface area contributed by atoms with Crippen LogP contribution in [0.15, 0.2) is 30.3 Å². The minimum Gasteiger partial charge on any atom is -0.488 e. The maximum atomic E-state index is 13.4. The average molecular weight is 269 g/mol. The monoisotopic (exact) mass is 269 g/mol. The van der Waals surface area contributed by atoms with Crippen molar-refractivity contribution in [2.24, 2.45) is 0 Å². The van der Waals surface area contributed by atoms with Crippen molar-refractivity contribution in [2.45, 2.75) is 27.4 Å². The van der Waals surface area contributed by atoms with E-state index in [1.165, 1.54) is 12.1 Å². The molecule has 3 heteroatoms. The zero-order valence-corrected chi connectivity index (χ0v) is 11.8. The van der Waals surface area contributed by atoms with Crippen LogP contribution < -0.4 is 4.74 Å². The van der Waals surface area contributed by atoms with Gasteiger partial charge in [-0.2, -0.15) is 5.26 Å². The second kappa shape index (κ2) is 5.75. The molecule has 2 rings (SSSR count). The lowest BCUT2D eigenvalue weighted by Gasteiger charge is -2.14. The predicted molar refractivity (Wildman–Crippen MR) is 76.1 cm³/mol. The smallest absolute Gasteiger partial charge is 0.125 e. The van der Waals surface area contributed by atoms with Crippen molar-refractivity contribution < 1.29 is 9.13 Å². The first-order chi connectivity index (χ1) is 9.51. The van der Waals surface area contributed by atoms with Gasteiger partial charge < -0.3 is 4.74 Å². The van der Waals surface area contributed by atoms with Crippen LogP contribution in [0.3, 0.4) is 0 Å². The molecule has 0 aliphatic carbocycles. The van der Waals surface area contributed by atoms with Crippen LogP contribution in [-0.4, -0.2) is 0 Å². The summed E-state index contributed by atoms with van der Waals surface area (Å²) in [6, 6.07) is 10.2. The molecular formula is C17H16FNO. The van der Waals surface area contributed by atoms with E-state index in [1.54, 1.807) is 6.07 Å². The van der Waals surface area contributed by atoms with Crippen molar-refractivity contribution in [1.82, 2.24) is 0 Å². The molecule has 0 atom stereocenters. The number of nitrogens with zero attached hydrogens (tertiary/aromatic N) is 1. The van der Waals surface area contributed by atoms with E-state index in [9.17, 15) is 4.39 Å². The summed E-state index contributed by atoms with van der Waals surface area (Å²) < 4.78 is 19.2. The molecule has 0 N–H and O–H groups in total. The van der Waals surface area contributed by atoms with Crippen LogP contribution in [0.25, 0.3) is 0 Å². The topological polar surface area (TPSA) is 33.0 Å². The number of aryl methyl sites for hydroxylation is 2. The summed E-state index contributed by atoms with van der Waals surface area (Å²) in [6.45, 7) is 6.26. The van der Waals surface area contributed by atoms with E-state index in [4.69, 9.17) is 10.00 Å². The molecule has 0 unspecified atom stereocenters. The van der Waals surface area contributed by atoms with Crippen molar-refractivity contribution in [2.75, 3.05) is 0 Å². The highest BCUT2D eigenvalue weighted by Crippen LogP contribution is 2.26. The summed E-state index contributed by atoms with van der Waals surface area (Å²) in [5.74, 6) is 0.410. The average Bonchev–Trinajstić information content (AvgIpc) is 2.42. The lowest BCUT2D eigenvalue weighted by Crippen LogP contribution is -2.01. The van der Waals surface area contributed by atoms with Crippen LogP contribution >= 0.6 is 0 Å². The van der Waals surface area contributed by atoms with Crippen LogP contribution in [-0.2, 0) is 6.61 Å². The summed E-state index contributed by atoms with van der Waals surface area (Å²) >= 11 is 0. The number of ether oxygens (including phenoxy) is 1. The zero-order chi connectivity index (χ0) is 14.7. The zero-order valence-electron chi connectivity index (χ0n) is 11.8. The fraction of sp³-hybridized carbons (Fsp3) is 0.235. The molecule has 2 aromatic carbocycles. The van der Waals surface area contributed by atoms with Crippen LogP contribution in [0.2, 0.25) is 0 Å². The van der Waals surface area contributed by atoms with Crippen molar-refractivity contribution in [3.63, 3.8) is 0 Å². The van der Waals surface area contributed by atoms with Crippen molar-refractivity contribution in [3.8, 4) is 11.8 Å². The molecule has 0 saturated heterocycles. The summed E-state index contributed by atoms with van der Waals surface area (Å²) in [6.07, 6.45) is 0. The van der Waals surface area contributed by atoms with E-state index >= 15 is 0 Å². The second-order valence-corrected chi connectivity index (χ2v) is 4.90. The Labute approximate surface area is 118 Å². The van der Waals surface area contributed by atoms with Crippen molar-refractivity contribution >= 4 is 0 Å². The lowest BCUT2D eigenvalue weighted by molar-refractivity contribution is 0.301. The summed E-state index contributed by atoms with van der Waals surface area (Å²) in [5.41, 5.74) is 4.25. The minimum absolute atomic E-state index is 0.248. The predicted octanol–water partition coefficient (Wildman–Crippen LogP) is 4.20. The van der Waals surface area contributed by atoms with E-state index < -0.39 is 5.82 Å². The number of hydrogen-bond donors (Lipinski definition) is 0. The normalized spacial score (nSPS) is 10.2. The van der Waals surface area contributed by atoms with Gasteiger partial charge in [-0.05, 0) is 61.2 Å². The number of benzene rings is 2. The van der Waals surface area contributed by atoms with Gasteiger partial charge in [0.1, 0.15) is 18.2 Å². The molecule has 0 aliphatic rings. The molecule has 0 amide bonds. The van der Waals surface area contributed by atoms with Gasteiger partial charge in [0.2, 0.25) is 0 Å². The first-order valence-corrected chi connectivity index (χ1v) is 6.40.